The third-order valence-electron chi connectivity index (χ3n) is 2.91. The average Bonchev–Trinajstić information content (AvgIpc) is 3.01. The van der Waals surface area contributed by atoms with Crippen LogP contribution in [0.3, 0.4) is 0 Å². The maximum Gasteiger partial charge on any atom is 0.340 e. The lowest BCUT2D eigenvalue weighted by Gasteiger charge is -2.09. The van der Waals surface area contributed by atoms with E-state index in [0.717, 1.165) is 0 Å². The van der Waals surface area contributed by atoms with Gasteiger partial charge in [-0.3, -0.25) is 4.79 Å². The van der Waals surface area contributed by atoms with Gasteiger partial charge in [0.25, 0.3) is 5.91 Å². The molecule has 2 rings (SSSR count). The van der Waals surface area contributed by atoms with Gasteiger partial charge in [0.05, 0.1) is 26.9 Å². The highest BCUT2D eigenvalue weighted by molar-refractivity contribution is 7.14. The van der Waals surface area contributed by atoms with Gasteiger partial charge < -0.3 is 19.5 Å². The Bertz CT molecular complexity index is 673. The maximum atomic E-state index is 12.3. The van der Waals surface area contributed by atoms with Crippen molar-refractivity contribution in [1.29, 1.82) is 0 Å². The molecule has 0 saturated heterocycles. The molecule has 2 aromatic rings. The van der Waals surface area contributed by atoms with Crippen LogP contribution < -0.4 is 14.8 Å². The molecular weight excluding hydrogens is 306 g/mol. The van der Waals surface area contributed by atoms with Gasteiger partial charge in [0, 0.05) is 11.6 Å². The van der Waals surface area contributed by atoms with Crippen LogP contribution in [0.2, 0.25) is 0 Å². The molecule has 0 spiro atoms. The van der Waals surface area contributed by atoms with Crippen molar-refractivity contribution in [3.05, 3.63) is 40.8 Å². The highest BCUT2D eigenvalue weighted by atomic mass is 32.1. The molecule has 0 atom stereocenters. The van der Waals surface area contributed by atoms with Crippen LogP contribution in [0.1, 0.15) is 20.7 Å². The van der Waals surface area contributed by atoms with Crippen molar-refractivity contribution in [3.8, 4) is 11.5 Å². The molecule has 1 aromatic carbocycles. The van der Waals surface area contributed by atoms with Crippen LogP contribution in [0.15, 0.2) is 29.6 Å². The van der Waals surface area contributed by atoms with Gasteiger partial charge >= 0.3 is 5.97 Å². The topological polar surface area (TPSA) is 73.9 Å². The van der Waals surface area contributed by atoms with Gasteiger partial charge in [-0.1, -0.05) is 0 Å². The molecule has 0 unspecified atom stereocenters. The molecule has 0 aliphatic heterocycles. The Labute approximate surface area is 131 Å². The number of carbonyl (C=O) groups excluding carboxylic acids is 2. The van der Waals surface area contributed by atoms with Gasteiger partial charge in [0.15, 0.2) is 0 Å². The van der Waals surface area contributed by atoms with E-state index in [0.29, 0.717) is 27.6 Å². The van der Waals surface area contributed by atoms with E-state index in [1.54, 1.807) is 29.6 Å². The standard InChI is InChI=1S/C15H15NO5S/c1-19-10-6-9(7-11(8-10)20-2)13(17)16-14-12(4-5-22-14)15(18)21-3/h4-8H,1-3H3,(H,16,17). The first-order valence-electron chi connectivity index (χ1n) is 6.29. The quantitative estimate of drug-likeness (QED) is 0.857. The summed E-state index contributed by atoms with van der Waals surface area (Å²) in [5.74, 6) is 0.136. The van der Waals surface area contributed by atoms with Crippen molar-refractivity contribution >= 4 is 28.2 Å². The number of hydrogen-bond donors (Lipinski definition) is 1. The van der Waals surface area contributed by atoms with E-state index in [9.17, 15) is 9.59 Å². The normalized spacial score (nSPS) is 9.95. The van der Waals surface area contributed by atoms with Crippen molar-refractivity contribution in [1.82, 2.24) is 0 Å². The molecule has 1 amide bonds. The Morgan fingerprint density at radius 3 is 2.23 bits per heavy atom. The van der Waals surface area contributed by atoms with Gasteiger partial charge in [0.1, 0.15) is 16.5 Å². The van der Waals surface area contributed by atoms with Crippen LogP contribution in [-0.4, -0.2) is 33.2 Å². The molecule has 0 bridgehead atoms. The Morgan fingerprint density at radius 1 is 1.05 bits per heavy atom. The maximum absolute atomic E-state index is 12.3. The van der Waals surface area contributed by atoms with E-state index in [4.69, 9.17) is 9.47 Å². The average molecular weight is 321 g/mol. The number of carbonyl (C=O) groups is 2. The van der Waals surface area contributed by atoms with E-state index >= 15 is 0 Å². The molecule has 0 radical (unpaired) electrons. The fourth-order valence-electron chi connectivity index (χ4n) is 1.79. The summed E-state index contributed by atoms with van der Waals surface area (Å²) in [5.41, 5.74) is 0.677. The second-order valence-electron chi connectivity index (χ2n) is 4.21. The van der Waals surface area contributed by atoms with E-state index in [-0.39, 0.29) is 5.91 Å². The Kier molecular flexibility index (Phi) is 5.00. The number of amides is 1. The Hall–Kier alpha value is -2.54. The molecule has 0 fully saturated rings. The first-order chi connectivity index (χ1) is 10.6. The summed E-state index contributed by atoms with van der Waals surface area (Å²) in [4.78, 5) is 24.0. The molecule has 0 aliphatic carbocycles. The molecule has 22 heavy (non-hydrogen) atoms. The number of hydrogen-bond acceptors (Lipinski definition) is 6. The van der Waals surface area contributed by atoms with E-state index < -0.39 is 5.97 Å². The molecule has 0 aliphatic rings. The zero-order chi connectivity index (χ0) is 16.1. The van der Waals surface area contributed by atoms with Crippen molar-refractivity contribution in [2.24, 2.45) is 0 Å². The minimum atomic E-state index is -0.500. The van der Waals surface area contributed by atoms with Crippen LogP contribution in [-0.2, 0) is 4.74 Å². The third kappa shape index (κ3) is 3.37. The van der Waals surface area contributed by atoms with Gasteiger partial charge in [-0.05, 0) is 23.6 Å². The van der Waals surface area contributed by atoms with Crippen LogP contribution in [0.4, 0.5) is 5.00 Å². The highest BCUT2D eigenvalue weighted by Crippen LogP contribution is 2.27. The van der Waals surface area contributed by atoms with Gasteiger partial charge in [0.2, 0.25) is 0 Å². The monoisotopic (exact) mass is 321 g/mol. The van der Waals surface area contributed by atoms with Gasteiger partial charge in [-0.2, -0.15) is 0 Å². The number of methoxy groups -OCH3 is 3. The van der Waals surface area contributed by atoms with E-state index in [1.165, 1.54) is 32.7 Å². The zero-order valence-corrected chi connectivity index (χ0v) is 13.2. The number of thiophene rings is 1. The molecule has 0 saturated carbocycles. The molecule has 7 heteroatoms. The highest BCUT2D eigenvalue weighted by Gasteiger charge is 2.17. The second kappa shape index (κ2) is 6.95. The lowest BCUT2D eigenvalue weighted by Crippen LogP contribution is -2.14. The minimum Gasteiger partial charge on any atom is -0.497 e. The number of anilines is 1. The van der Waals surface area contributed by atoms with Crippen molar-refractivity contribution in [3.63, 3.8) is 0 Å². The number of nitrogens with one attached hydrogen (secondary N) is 1. The lowest BCUT2D eigenvalue weighted by molar-refractivity contribution is 0.0602. The summed E-state index contributed by atoms with van der Waals surface area (Å²) in [7, 11) is 4.30. The minimum absolute atomic E-state index is 0.315. The first kappa shape index (κ1) is 15.8. The number of esters is 1. The van der Waals surface area contributed by atoms with Gasteiger partial charge in [-0.25, -0.2) is 4.79 Å². The SMILES string of the molecule is COC(=O)c1ccsc1NC(=O)c1cc(OC)cc(OC)c1. The smallest absolute Gasteiger partial charge is 0.340 e. The summed E-state index contributed by atoms with van der Waals surface area (Å²) in [6.07, 6.45) is 0. The molecule has 1 aromatic heterocycles. The molecule has 116 valence electrons. The number of rotatable bonds is 5. The second-order valence-corrected chi connectivity index (χ2v) is 5.13. The summed E-state index contributed by atoms with van der Waals surface area (Å²) < 4.78 is 14.9. The predicted molar refractivity (Wildman–Crippen MR) is 83.2 cm³/mol. The van der Waals surface area contributed by atoms with E-state index in [2.05, 4.69) is 10.1 Å². The van der Waals surface area contributed by atoms with Gasteiger partial charge in [-0.15, -0.1) is 11.3 Å². The predicted octanol–water partition coefficient (Wildman–Crippen LogP) is 2.80. The molecule has 1 N–H and O–H groups in total. The number of ether oxygens (including phenoxy) is 3. The van der Waals surface area contributed by atoms with Crippen LogP contribution in [0, 0.1) is 0 Å². The van der Waals surface area contributed by atoms with Crippen LogP contribution >= 0.6 is 11.3 Å². The Morgan fingerprint density at radius 2 is 1.68 bits per heavy atom. The lowest BCUT2D eigenvalue weighted by atomic mass is 10.2. The van der Waals surface area contributed by atoms with Crippen LogP contribution in [0.5, 0.6) is 11.5 Å². The molecule has 1 heterocycles. The fourth-order valence-corrected chi connectivity index (χ4v) is 2.56. The summed E-state index contributed by atoms with van der Waals surface area (Å²) >= 11 is 1.24. The van der Waals surface area contributed by atoms with Crippen molar-refractivity contribution < 1.29 is 23.8 Å². The largest absolute Gasteiger partial charge is 0.497 e. The molecular formula is C15H15NO5S. The van der Waals surface area contributed by atoms with Crippen LogP contribution in [0.25, 0.3) is 0 Å². The first-order valence-corrected chi connectivity index (χ1v) is 7.17. The third-order valence-corrected chi connectivity index (χ3v) is 3.74. The zero-order valence-electron chi connectivity index (χ0n) is 12.3. The van der Waals surface area contributed by atoms with Crippen molar-refractivity contribution in [2.75, 3.05) is 26.6 Å². The Balaban J connectivity index is 2.26. The summed E-state index contributed by atoms with van der Waals surface area (Å²) in [6.45, 7) is 0. The summed E-state index contributed by atoms with van der Waals surface area (Å²) in [6, 6.07) is 6.44. The summed E-state index contributed by atoms with van der Waals surface area (Å²) in [5, 5.41) is 4.82. The fraction of sp³-hybridized carbons (Fsp3) is 0.200. The molecule has 6 nitrogen and oxygen atoms in total. The van der Waals surface area contributed by atoms with Crippen molar-refractivity contribution in [2.45, 2.75) is 0 Å². The van der Waals surface area contributed by atoms with E-state index in [1.807, 2.05) is 0 Å². The number of benzene rings is 1.